The minimum atomic E-state index is -0.367. The second-order valence-corrected chi connectivity index (χ2v) is 8.31. The van der Waals surface area contributed by atoms with E-state index in [2.05, 4.69) is 5.32 Å². The van der Waals surface area contributed by atoms with E-state index in [1.54, 1.807) is 23.1 Å². The number of nitrogens with one attached hydrogen (secondary N) is 1. The van der Waals surface area contributed by atoms with Crippen LogP contribution in [0.4, 0.5) is 0 Å². The van der Waals surface area contributed by atoms with Crippen molar-refractivity contribution in [3.63, 3.8) is 0 Å². The number of carbonyl (C=O) groups is 2. The van der Waals surface area contributed by atoms with E-state index < -0.39 is 0 Å². The molecule has 3 saturated heterocycles. The molecule has 2 amide bonds. The highest BCUT2D eigenvalue weighted by atomic mass is 35.5. The molecule has 1 aromatic carbocycles. The van der Waals surface area contributed by atoms with Gasteiger partial charge in [-0.3, -0.25) is 9.59 Å². The van der Waals surface area contributed by atoms with Crippen molar-refractivity contribution in [1.82, 2.24) is 15.1 Å². The van der Waals surface area contributed by atoms with Gasteiger partial charge in [0.25, 0.3) is 5.91 Å². The first kappa shape index (κ1) is 20.7. The van der Waals surface area contributed by atoms with Gasteiger partial charge in [-0.25, -0.2) is 0 Å². The Balaban J connectivity index is 0.00000210. The van der Waals surface area contributed by atoms with Gasteiger partial charge < -0.3 is 15.1 Å². The van der Waals surface area contributed by atoms with Gasteiger partial charge >= 0.3 is 0 Å². The van der Waals surface area contributed by atoms with Crippen LogP contribution in [0, 0.1) is 0 Å². The second kappa shape index (κ2) is 8.56. The number of nitrogens with zero attached hydrogens (tertiary/aromatic N) is 2. The Kier molecular flexibility index (Phi) is 6.57. The smallest absolute Gasteiger partial charge is 0.254 e. The van der Waals surface area contributed by atoms with Crippen molar-refractivity contribution < 1.29 is 9.59 Å². The highest BCUT2D eigenvalue weighted by Gasteiger charge is 2.39. The van der Waals surface area contributed by atoms with Crippen LogP contribution >= 0.6 is 35.6 Å². The van der Waals surface area contributed by atoms with E-state index >= 15 is 0 Å². The van der Waals surface area contributed by atoms with E-state index in [1.807, 2.05) is 4.90 Å². The zero-order valence-electron chi connectivity index (χ0n) is 15.0. The lowest BCUT2D eigenvalue weighted by atomic mass is 10.1. The standard InChI is InChI=1S/C19H23Cl2N3O2.ClH/c20-15-6-3-12(10-16(15)21)18(25)24-8-1-2-17(24)19(26)23-9-7-13-4-5-14(11-23)22-13;/h3,6,10,13-14,17,22H,1-2,4-5,7-9,11H2;1H. The molecule has 3 fully saturated rings. The maximum Gasteiger partial charge on any atom is 0.254 e. The molecule has 1 aromatic rings. The summed E-state index contributed by atoms with van der Waals surface area (Å²) < 4.78 is 0. The number of halogens is 3. The molecule has 4 rings (SSSR count). The van der Waals surface area contributed by atoms with Crippen molar-refractivity contribution in [2.75, 3.05) is 19.6 Å². The molecule has 5 nitrogen and oxygen atoms in total. The van der Waals surface area contributed by atoms with Crippen LogP contribution in [0.5, 0.6) is 0 Å². The fourth-order valence-electron chi connectivity index (χ4n) is 4.42. The molecule has 0 saturated carbocycles. The van der Waals surface area contributed by atoms with E-state index in [9.17, 15) is 9.59 Å². The summed E-state index contributed by atoms with van der Waals surface area (Å²) in [5, 5.41) is 4.37. The van der Waals surface area contributed by atoms with Crippen LogP contribution in [-0.4, -0.2) is 59.4 Å². The maximum absolute atomic E-state index is 13.2. The largest absolute Gasteiger partial charge is 0.339 e. The third-order valence-electron chi connectivity index (χ3n) is 5.80. The minimum absolute atomic E-state index is 0. The van der Waals surface area contributed by atoms with E-state index in [-0.39, 0.29) is 30.3 Å². The Morgan fingerprint density at radius 2 is 1.78 bits per heavy atom. The quantitative estimate of drug-likeness (QED) is 0.779. The summed E-state index contributed by atoms with van der Waals surface area (Å²) in [6.45, 7) is 2.13. The van der Waals surface area contributed by atoms with Crippen molar-refractivity contribution in [1.29, 1.82) is 0 Å². The lowest BCUT2D eigenvalue weighted by Gasteiger charge is -2.31. The van der Waals surface area contributed by atoms with Crippen LogP contribution in [0.1, 0.15) is 42.5 Å². The van der Waals surface area contributed by atoms with Crippen molar-refractivity contribution in [2.45, 2.75) is 50.2 Å². The number of amides is 2. The Hall–Kier alpha value is -1.01. The zero-order valence-corrected chi connectivity index (χ0v) is 17.3. The molecular formula is C19H24Cl3N3O2. The fourth-order valence-corrected chi connectivity index (χ4v) is 4.71. The molecule has 0 aliphatic carbocycles. The van der Waals surface area contributed by atoms with Crippen LogP contribution in [0.2, 0.25) is 10.0 Å². The van der Waals surface area contributed by atoms with Gasteiger partial charge in [-0.05, 0) is 50.3 Å². The van der Waals surface area contributed by atoms with Gasteiger partial charge in [0.2, 0.25) is 5.91 Å². The van der Waals surface area contributed by atoms with Gasteiger partial charge in [0.05, 0.1) is 10.0 Å². The van der Waals surface area contributed by atoms with E-state index in [0.717, 1.165) is 38.8 Å². The number of rotatable bonds is 2. The average Bonchev–Trinajstić information content (AvgIpc) is 3.22. The average molecular weight is 433 g/mol. The molecule has 8 heteroatoms. The molecule has 1 N–H and O–H groups in total. The summed E-state index contributed by atoms with van der Waals surface area (Å²) >= 11 is 12.0. The van der Waals surface area contributed by atoms with Crippen LogP contribution in [0.25, 0.3) is 0 Å². The summed E-state index contributed by atoms with van der Waals surface area (Å²) in [5.74, 6) is -0.0563. The third-order valence-corrected chi connectivity index (χ3v) is 6.54. The SMILES string of the molecule is Cl.O=C(C1CCCN1C(=O)c1ccc(Cl)c(Cl)c1)N1CCC2CCC(C1)N2. The van der Waals surface area contributed by atoms with E-state index in [0.29, 0.717) is 34.2 Å². The summed E-state index contributed by atoms with van der Waals surface area (Å²) in [5.41, 5.74) is 0.482. The van der Waals surface area contributed by atoms with Crippen molar-refractivity contribution in [3.05, 3.63) is 33.8 Å². The normalized spacial score (nSPS) is 27.3. The van der Waals surface area contributed by atoms with Crippen LogP contribution in [0.3, 0.4) is 0 Å². The predicted molar refractivity (Wildman–Crippen MR) is 109 cm³/mol. The van der Waals surface area contributed by atoms with E-state index in [4.69, 9.17) is 23.2 Å². The maximum atomic E-state index is 13.2. The first-order valence-corrected chi connectivity index (χ1v) is 10.1. The number of hydrogen-bond acceptors (Lipinski definition) is 3. The topological polar surface area (TPSA) is 52.7 Å². The van der Waals surface area contributed by atoms with Gasteiger partial charge in [0.15, 0.2) is 0 Å². The molecule has 3 aliphatic rings. The van der Waals surface area contributed by atoms with Gasteiger partial charge in [0.1, 0.15) is 6.04 Å². The summed E-state index contributed by atoms with van der Waals surface area (Å²) in [7, 11) is 0. The first-order chi connectivity index (χ1) is 12.5. The number of likely N-dealkylation sites (tertiary alicyclic amines) is 2. The lowest BCUT2D eigenvalue weighted by Crippen LogP contribution is -2.50. The minimum Gasteiger partial charge on any atom is -0.339 e. The molecule has 0 radical (unpaired) electrons. The van der Waals surface area contributed by atoms with Crippen molar-refractivity contribution in [3.8, 4) is 0 Å². The molecule has 3 unspecified atom stereocenters. The fraction of sp³-hybridized carbons (Fsp3) is 0.579. The summed E-state index contributed by atoms with van der Waals surface area (Å²) in [6, 6.07) is 5.45. The first-order valence-electron chi connectivity index (χ1n) is 9.34. The Bertz CT molecular complexity index is 730. The molecule has 0 aromatic heterocycles. The number of carbonyl (C=O) groups excluding carboxylic acids is 2. The molecule has 3 heterocycles. The molecular weight excluding hydrogens is 409 g/mol. The van der Waals surface area contributed by atoms with Gasteiger partial charge in [-0.1, -0.05) is 23.2 Å². The Labute approximate surface area is 175 Å². The third kappa shape index (κ3) is 4.21. The molecule has 27 heavy (non-hydrogen) atoms. The molecule has 3 atom stereocenters. The zero-order chi connectivity index (χ0) is 18.3. The lowest BCUT2D eigenvalue weighted by molar-refractivity contribution is -0.135. The molecule has 0 spiro atoms. The highest BCUT2D eigenvalue weighted by molar-refractivity contribution is 6.42. The van der Waals surface area contributed by atoms with Crippen molar-refractivity contribution >= 4 is 47.4 Å². The Morgan fingerprint density at radius 3 is 2.56 bits per heavy atom. The number of hydrogen-bond donors (Lipinski definition) is 1. The molecule has 3 aliphatic heterocycles. The number of fused-ring (bicyclic) bond motifs is 2. The van der Waals surface area contributed by atoms with Gasteiger partial charge in [0, 0.05) is 37.3 Å². The summed E-state index contributed by atoms with van der Waals surface area (Å²) in [6.07, 6.45) is 4.91. The van der Waals surface area contributed by atoms with Gasteiger partial charge in [-0.2, -0.15) is 0 Å². The molecule has 148 valence electrons. The Morgan fingerprint density at radius 1 is 1.00 bits per heavy atom. The highest BCUT2D eigenvalue weighted by Crippen LogP contribution is 2.28. The van der Waals surface area contributed by atoms with Gasteiger partial charge in [-0.15, -0.1) is 12.4 Å². The second-order valence-electron chi connectivity index (χ2n) is 7.50. The van der Waals surface area contributed by atoms with E-state index in [1.165, 1.54) is 6.42 Å². The molecule has 2 bridgehead atoms. The van der Waals surface area contributed by atoms with Crippen molar-refractivity contribution in [2.24, 2.45) is 0 Å². The van der Waals surface area contributed by atoms with Crippen LogP contribution in [0.15, 0.2) is 18.2 Å². The van der Waals surface area contributed by atoms with Crippen LogP contribution < -0.4 is 5.32 Å². The van der Waals surface area contributed by atoms with Crippen LogP contribution in [-0.2, 0) is 4.79 Å². The number of benzene rings is 1. The monoisotopic (exact) mass is 431 g/mol. The summed E-state index contributed by atoms with van der Waals surface area (Å²) in [4.78, 5) is 29.8. The predicted octanol–water partition coefficient (Wildman–Crippen LogP) is 3.37.